The van der Waals surface area contributed by atoms with Crippen LogP contribution in [0.2, 0.25) is 0 Å². The molecule has 0 aliphatic heterocycles. The van der Waals surface area contributed by atoms with Gasteiger partial charge < -0.3 is 5.32 Å². The molecule has 4 heteroatoms. The van der Waals surface area contributed by atoms with Gasteiger partial charge in [0.1, 0.15) is 0 Å². The van der Waals surface area contributed by atoms with Gasteiger partial charge in [0.2, 0.25) is 0 Å². The van der Waals surface area contributed by atoms with E-state index in [9.17, 15) is 13.6 Å². The van der Waals surface area contributed by atoms with Gasteiger partial charge in [-0.15, -0.1) is 0 Å². The Bertz CT molecular complexity index is 294. The SMILES string of the molecule is O=C(NCC12CC3CC(CC(C3)C1)C2)C(F)F. The third-order valence-electron chi connectivity index (χ3n) is 5.00. The van der Waals surface area contributed by atoms with E-state index in [2.05, 4.69) is 5.32 Å². The van der Waals surface area contributed by atoms with Crippen LogP contribution in [0, 0.1) is 23.2 Å². The molecule has 4 rings (SSSR count). The summed E-state index contributed by atoms with van der Waals surface area (Å²) in [5.74, 6) is 1.29. The van der Waals surface area contributed by atoms with Crippen LogP contribution in [-0.2, 0) is 4.79 Å². The van der Waals surface area contributed by atoms with E-state index in [1.165, 1.54) is 19.3 Å². The highest BCUT2D eigenvalue weighted by molar-refractivity contribution is 5.79. The van der Waals surface area contributed by atoms with Gasteiger partial charge in [0.05, 0.1) is 0 Å². The molecule has 0 heterocycles. The highest BCUT2D eigenvalue weighted by atomic mass is 19.3. The van der Waals surface area contributed by atoms with Crippen LogP contribution < -0.4 is 5.32 Å². The molecule has 4 aliphatic carbocycles. The summed E-state index contributed by atoms with van der Waals surface area (Å²) in [4.78, 5) is 11.0. The van der Waals surface area contributed by atoms with Crippen molar-refractivity contribution in [3.63, 3.8) is 0 Å². The second-order valence-electron chi connectivity index (χ2n) is 6.44. The number of amides is 1. The molecule has 17 heavy (non-hydrogen) atoms. The molecular weight excluding hydrogens is 224 g/mol. The van der Waals surface area contributed by atoms with Gasteiger partial charge in [0, 0.05) is 6.54 Å². The summed E-state index contributed by atoms with van der Waals surface area (Å²) in [6.07, 6.45) is 4.56. The van der Waals surface area contributed by atoms with E-state index in [1.807, 2.05) is 0 Å². The van der Waals surface area contributed by atoms with Crippen molar-refractivity contribution in [1.29, 1.82) is 0 Å². The largest absolute Gasteiger partial charge is 0.351 e. The number of alkyl halides is 2. The second kappa shape index (κ2) is 3.92. The van der Waals surface area contributed by atoms with E-state index in [1.54, 1.807) is 0 Å². The Hall–Kier alpha value is -0.670. The van der Waals surface area contributed by atoms with Crippen molar-refractivity contribution in [2.45, 2.75) is 45.0 Å². The third-order valence-corrected chi connectivity index (χ3v) is 5.00. The molecule has 0 atom stereocenters. The maximum absolute atomic E-state index is 12.2. The van der Waals surface area contributed by atoms with Crippen LogP contribution in [0.3, 0.4) is 0 Å². The molecule has 0 aromatic heterocycles. The van der Waals surface area contributed by atoms with Gasteiger partial charge in [-0.2, -0.15) is 8.78 Å². The average Bonchev–Trinajstić information content (AvgIpc) is 2.24. The fraction of sp³-hybridized carbons (Fsp3) is 0.923. The summed E-state index contributed by atoms with van der Waals surface area (Å²) in [5.41, 5.74) is 0.152. The number of carbonyl (C=O) groups is 1. The molecule has 96 valence electrons. The van der Waals surface area contributed by atoms with Crippen molar-refractivity contribution < 1.29 is 13.6 Å². The third kappa shape index (κ3) is 2.06. The van der Waals surface area contributed by atoms with Gasteiger partial charge in [-0.3, -0.25) is 4.79 Å². The minimum atomic E-state index is -2.87. The minimum absolute atomic E-state index is 0.152. The predicted molar refractivity (Wildman–Crippen MR) is 59.6 cm³/mol. The van der Waals surface area contributed by atoms with Crippen LogP contribution in [0.25, 0.3) is 0 Å². The van der Waals surface area contributed by atoms with Gasteiger partial charge in [0.25, 0.3) is 5.91 Å². The molecule has 0 radical (unpaired) electrons. The molecule has 4 fully saturated rings. The zero-order chi connectivity index (χ0) is 12.0. The zero-order valence-electron chi connectivity index (χ0n) is 9.92. The lowest BCUT2D eigenvalue weighted by Gasteiger charge is -2.56. The number of hydrogen-bond donors (Lipinski definition) is 1. The van der Waals surface area contributed by atoms with Crippen molar-refractivity contribution in [2.24, 2.45) is 23.2 Å². The lowest BCUT2D eigenvalue weighted by Crippen LogP contribution is -2.51. The fourth-order valence-corrected chi connectivity index (χ4v) is 4.86. The van der Waals surface area contributed by atoms with Crippen LogP contribution >= 0.6 is 0 Å². The number of carbonyl (C=O) groups excluding carboxylic acids is 1. The second-order valence-corrected chi connectivity index (χ2v) is 6.44. The normalized spacial score (nSPS) is 43.1. The first-order valence-corrected chi connectivity index (χ1v) is 6.62. The summed E-state index contributed by atoms with van der Waals surface area (Å²) in [6.45, 7) is 0.472. The van der Waals surface area contributed by atoms with Gasteiger partial charge >= 0.3 is 6.43 Å². The summed E-state index contributed by atoms with van der Waals surface area (Å²) >= 11 is 0. The average molecular weight is 243 g/mol. The Labute approximate surface area is 100 Å². The van der Waals surface area contributed by atoms with E-state index in [4.69, 9.17) is 0 Å². The molecule has 4 bridgehead atoms. The van der Waals surface area contributed by atoms with E-state index in [0.29, 0.717) is 6.54 Å². The summed E-state index contributed by atoms with van der Waals surface area (Å²) in [6, 6.07) is 0. The van der Waals surface area contributed by atoms with Crippen molar-refractivity contribution in [1.82, 2.24) is 5.32 Å². The first-order valence-electron chi connectivity index (χ1n) is 6.62. The van der Waals surface area contributed by atoms with Gasteiger partial charge in [-0.1, -0.05) is 0 Å². The van der Waals surface area contributed by atoms with Crippen LogP contribution in [0.4, 0.5) is 8.78 Å². The quantitative estimate of drug-likeness (QED) is 0.811. The first-order chi connectivity index (χ1) is 8.06. The standard InChI is InChI=1S/C13H19F2NO/c14-11(15)12(17)16-7-13-4-8-1-9(5-13)3-10(2-8)6-13/h8-11H,1-7H2,(H,16,17). The molecule has 0 aromatic carbocycles. The van der Waals surface area contributed by atoms with Crippen LogP contribution in [0.5, 0.6) is 0 Å². The summed E-state index contributed by atoms with van der Waals surface area (Å²) < 4.78 is 24.4. The van der Waals surface area contributed by atoms with E-state index < -0.39 is 12.3 Å². The lowest BCUT2D eigenvalue weighted by molar-refractivity contribution is -0.133. The molecule has 0 spiro atoms. The Morgan fingerprint density at radius 1 is 1.12 bits per heavy atom. The van der Waals surface area contributed by atoms with Gasteiger partial charge in [-0.25, -0.2) is 0 Å². The zero-order valence-corrected chi connectivity index (χ0v) is 9.92. The van der Waals surface area contributed by atoms with Gasteiger partial charge in [-0.05, 0) is 61.7 Å². The topological polar surface area (TPSA) is 29.1 Å². The molecule has 4 aliphatic rings. The maximum atomic E-state index is 12.2. The Balaban J connectivity index is 1.64. The maximum Gasteiger partial charge on any atom is 0.315 e. The van der Waals surface area contributed by atoms with Crippen molar-refractivity contribution >= 4 is 5.91 Å². The Morgan fingerprint density at radius 2 is 1.59 bits per heavy atom. The Kier molecular flexibility index (Phi) is 2.64. The Morgan fingerprint density at radius 3 is 2.00 bits per heavy atom. The predicted octanol–water partition coefficient (Wildman–Crippen LogP) is 2.58. The van der Waals surface area contributed by atoms with Crippen molar-refractivity contribution in [2.75, 3.05) is 6.54 Å². The lowest BCUT2D eigenvalue weighted by atomic mass is 9.49. The van der Waals surface area contributed by atoms with E-state index >= 15 is 0 Å². The van der Waals surface area contributed by atoms with Crippen LogP contribution in [0.15, 0.2) is 0 Å². The van der Waals surface area contributed by atoms with E-state index in [0.717, 1.165) is 37.0 Å². The smallest absolute Gasteiger partial charge is 0.315 e. The highest BCUT2D eigenvalue weighted by Gasteiger charge is 2.50. The van der Waals surface area contributed by atoms with Gasteiger partial charge in [0.15, 0.2) is 0 Å². The molecule has 0 saturated heterocycles. The number of rotatable bonds is 3. The number of halogens is 2. The fourth-order valence-electron chi connectivity index (χ4n) is 4.86. The molecule has 0 unspecified atom stereocenters. The number of hydrogen-bond acceptors (Lipinski definition) is 1. The molecule has 1 amide bonds. The highest BCUT2D eigenvalue weighted by Crippen LogP contribution is 2.59. The van der Waals surface area contributed by atoms with Crippen LogP contribution in [-0.4, -0.2) is 18.9 Å². The van der Waals surface area contributed by atoms with Crippen molar-refractivity contribution in [3.05, 3.63) is 0 Å². The van der Waals surface area contributed by atoms with Crippen molar-refractivity contribution in [3.8, 4) is 0 Å². The molecular formula is C13H19F2NO. The monoisotopic (exact) mass is 243 g/mol. The van der Waals surface area contributed by atoms with Crippen LogP contribution in [0.1, 0.15) is 38.5 Å². The van der Waals surface area contributed by atoms with E-state index in [-0.39, 0.29) is 5.41 Å². The number of nitrogens with one attached hydrogen (secondary N) is 1. The summed E-state index contributed by atoms with van der Waals surface area (Å²) in [7, 11) is 0. The molecule has 2 nitrogen and oxygen atoms in total. The first kappa shape index (κ1) is 11.4. The molecule has 1 N–H and O–H groups in total. The minimum Gasteiger partial charge on any atom is -0.351 e. The molecule has 4 saturated carbocycles. The molecule has 0 aromatic rings. The summed E-state index contributed by atoms with van der Waals surface area (Å²) in [5, 5.41) is 2.45.